The molecule has 0 aliphatic heterocycles. The number of nitrogens with zero attached hydrogens (tertiary/aromatic N) is 6. The van der Waals surface area contributed by atoms with Gasteiger partial charge in [0.25, 0.3) is 0 Å². The highest BCUT2D eigenvalue weighted by Crippen LogP contribution is 2.49. The molecule has 6 rings (SSSR count). The molecule has 2 aromatic heterocycles. The third kappa shape index (κ3) is 4.56. The lowest BCUT2D eigenvalue weighted by Crippen LogP contribution is -2.18. The van der Waals surface area contributed by atoms with Crippen molar-refractivity contribution in [1.82, 2.24) is 24.8 Å². The minimum atomic E-state index is -0.0976. The van der Waals surface area contributed by atoms with Crippen LogP contribution in [0.3, 0.4) is 0 Å². The number of aliphatic imine (C=N–C) groups is 1. The first kappa shape index (κ1) is 24.9. The molecule has 0 spiro atoms. The molecule has 2 aromatic carbocycles. The van der Waals surface area contributed by atoms with E-state index < -0.39 is 0 Å². The average molecular weight is 520 g/mol. The number of rotatable bonds is 7. The number of allylic oxidation sites excluding steroid dienone is 1. The number of hydrogen-bond acceptors (Lipinski definition) is 6. The van der Waals surface area contributed by atoms with Crippen molar-refractivity contribution < 1.29 is 5.11 Å². The maximum absolute atomic E-state index is 10.3. The Labute approximate surface area is 228 Å². The van der Waals surface area contributed by atoms with Crippen molar-refractivity contribution in [3.63, 3.8) is 0 Å². The minimum absolute atomic E-state index is 0.0673. The maximum Gasteiger partial charge on any atom is 0.118 e. The number of aliphatic hydroxyl groups excluding tert-OH is 1. The molecule has 2 heterocycles. The first-order chi connectivity index (χ1) is 18.7. The summed E-state index contributed by atoms with van der Waals surface area (Å²) in [6.07, 6.45) is 8.38. The smallest absolute Gasteiger partial charge is 0.118 e. The van der Waals surface area contributed by atoms with Crippen LogP contribution in [0.1, 0.15) is 49.6 Å². The van der Waals surface area contributed by atoms with E-state index >= 15 is 0 Å². The second-order valence-corrected chi connectivity index (χ2v) is 11.2. The van der Waals surface area contributed by atoms with Gasteiger partial charge in [0.2, 0.25) is 0 Å². The van der Waals surface area contributed by atoms with Crippen LogP contribution < -0.4 is 5.73 Å². The highest BCUT2D eigenvalue weighted by Gasteiger charge is 2.45. The molecule has 39 heavy (non-hydrogen) atoms. The van der Waals surface area contributed by atoms with Crippen LogP contribution in [0.15, 0.2) is 90.0 Å². The monoisotopic (exact) mass is 519 g/mol. The normalized spacial score (nSPS) is 20.2. The van der Waals surface area contributed by atoms with Crippen LogP contribution in [-0.4, -0.2) is 35.6 Å². The first-order valence-corrected chi connectivity index (χ1v) is 13.3. The maximum atomic E-state index is 10.3. The molecular weight excluding hydrogens is 486 g/mol. The molecule has 2 aliphatic rings. The molecule has 0 amide bonds. The van der Waals surface area contributed by atoms with Gasteiger partial charge >= 0.3 is 0 Å². The Morgan fingerprint density at radius 3 is 2.67 bits per heavy atom. The van der Waals surface area contributed by atoms with E-state index in [0.29, 0.717) is 11.3 Å². The highest BCUT2D eigenvalue weighted by molar-refractivity contribution is 6.08. The summed E-state index contributed by atoms with van der Waals surface area (Å²) in [4.78, 5) is 5.00. The van der Waals surface area contributed by atoms with Crippen LogP contribution in [0.2, 0.25) is 0 Å². The molecule has 1 unspecified atom stereocenters. The van der Waals surface area contributed by atoms with Crippen LogP contribution in [0.25, 0.3) is 16.8 Å². The SMILES string of the molecule is C=C(O)C(=CN)C(=Nc1cccc(-c2cccc(-n3ncc4c3C(C)(C)CC4)c2)c1)[C@@H]1CC1c1cn(C)nn1. The number of aromatic nitrogens is 5. The fraction of sp³-hybridized carbons (Fsp3) is 0.290. The highest BCUT2D eigenvalue weighted by atomic mass is 16.3. The molecule has 0 radical (unpaired) electrons. The van der Waals surface area contributed by atoms with E-state index in [0.717, 1.165) is 47.5 Å². The number of nitrogens with two attached hydrogens (primary N) is 1. The van der Waals surface area contributed by atoms with Crippen molar-refractivity contribution in [3.05, 3.63) is 102 Å². The van der Waals surface area contributed by atoms with Gasteiger partial charge in [0.05, 0.1) is 40.2 Å². The lowest BCUT2D eigenvalue weighted by molar-refractivity contribution is 0.430. The third-order valence-electron chi connectivity index (χ3n) is 7.92. The lowest BCUT2D eigenvalue weighted by atomic mass is 9.90. The van der Waals surface area contributed by atoms with Gasteiger partial charge in [-0.05, 0) is 60.2 Å². The number of benzene rings is 2. The third-order valence-corrected chi connectivity index (χ3v) is 7.92. The molecule has 4 aromatic rings. The van der Waals surface area contributed by atoms with Crippen LogP contribution >= 0.6 is 0 Å². The molecule has 198 valence electrons. The molecule has 2 atom stereocenters. The van der Waals surface area contributed by atoms with E-state index in [1.807, 2.05) is 31.6 Å². The summed E-state index contributed by atoms with van der Waals surface area (Å²) in [6.45, 7) is 8.30. The van der Waals surface area contributed by atoms with Gasteiger partial charge in [-0.1, -0.05) is 49.9 Å². The molecule has 1 saturated carbocycles. The topological polar surface area (TPSA) is 107 Å². The Morgan fingerprint density at radius 1 is 1.18 bits per heavy atom. The number of fused-ring (bicyclic) bond motifs is 1. The summed E-state index contributed by atoms with van der Waals surface area (Å²) in [5.74, 6) is 0.142. The summed E-state index contributed by atoms with van der Waals surface area (Å²) in [5, 5.41) is 23.4. The second kappa shape index (κ2) is 9.38. The molecule has 8 heteroatoms. The summed E-state index contributed by atoms with van der Waals surface area (Å²) in [5.41, 5.74) is 14.7. The van der Waals surface area contributed by atoms with Gasteiger partial charge in [-0.15, -0.1) is 5.10 Å². The van der Waals surface area contributed by atoms with E-state index in [1.165, 1.54) is 17.5 Å². The van der Waals surface area contributed by atoms with Gasteiger partial charge in [0.1, 0.15) is 5.76 Å². The van der Waals surface area contributed by atoms with Crippen molar-refractivity contribution in [1.29, 1.82) is 0 Å². The Morgan fingerprint density at radius 2 is 1.95 bits per heavy atom. The Balaban J connectivity index is 1.35. The Bertz CT molecular complexity index is 1640. The molecule has 8 nitrogen and oxygen atoms in total. The zero-order valence-corrected chi connectivity index (χ0v) is 22.5. The second-order valence-electron chi connectivity index (χ2n) is 11.2. The molecule has 0 bridgehead atoms. The standard InChI is InChI=1S/C31H33N7O/c1-19(39)27(16-32)29(26-15-25(26)28-18-37(4)36-35-28)34-23-9-5-7-20(13-23)21-8-6-10-24(14-21)38-30-22(17-33-38)11-12-31(30,2)3/h5-10,13-14,16-18,25-26,39H,1,11-12,15,32H2,2-4H3/t25?,26-/m1/s1. The summed E-state index contributed by atoms with van der Waals surface area (Å²) in [6, 6.07) is 16.6. The Hall–Kier alpha value is -4.46. The largest absolute Gasteiger partial charge is 0.508 e. The lowest BCUT2D eigenvalue weighted by Gasteiger charge is -2.21. The van der Waals surface area contributed by atoms with Crippen molar-refractivity contribution in [2.75, 3.05) is 0 Å². The molecule has 3 N–H and O–H groups in total. The summed E-state index contributed by atoms with van der Waals surface area (Å²) < 4.78 is 3.79. The first-order valence-electron chi connectivity index (χ1n) is 13.3. The van der Waals surface area contributed by atoms with Crippen LogP contribution in [0, 0.1) is 5.92 Å². The van der Waals surface area contributed by atoms with Crippen molar-refractivity contribution in [2.24, 2.45) is 23.7 Å². The zero-order valence-electron chi connectivity index (χ0n) is 22.5. The fourth-order valence-electron chi connectivity index (χ4n) is 5.79. The average Bonchev–Trinajstić information content (AvgIpc) is 3.22. The predicted molar refractivity (Wildman–Crippen MR) is 153 cm³/mol. The minimum Gasteiger partial charge on any atom is -0.508 e. The van der Waals surface area contributed by atoms with E-state index in [-0.39, 0.29) is 23.0 Å². The number of hydrogen-bond donors (Lipinski definition) is 2. The van der Waals surface area contributed by atoms with Gasteiger partial charge < -0.3 is 10.8 Å². The van der Waals surface area contributed by atoms with E-state index in [1.54, 1.807) is 4.68 Å². The molecule has 1 fully saturated rings. The van der Waals surface area contributed by atoms with E-state index in [9.17, 15) is 5.11 Å². The summed E-state index contributed by atoms with van der Waals surface area (Å²) in [7, 11) is 1.85. The Kier molecular flexibility index (Phi) is 5.98. The number of aliphatic hydroxyl groups is 1. The van der Waals surface area contributed by atoms with Crippen molar-refractivity contribution in [3.8, 4) is 16.8 Å². The van der Waals surface area contributed by atoms with Crippen LogP contribution in [0.5, 0.6) is 0 Å². The van der Waals surface area contributed by atoms with E-state index in [2.05, 4.69) is 71.8 Å². The zero-order chi connectivity index (χ0) is 27.3. The molecule has 2 aliphatic carbocycles. The predicted octanol–water partition coefficient (Wildman–Crippen LogP) is 5.68. The quantitative estimate of drug-likeness (QED) is 0.186. The van der Waals surface area contributed by atoms with Gasteiger partial charge in [-0.25, -0.2) is 4.68 Å². The molecule has 0 saturated heterocycles. The van der Waals surface area contributed by atoms with Crippen molar-refractivity contribution >= 4 is 11.4 Å². The van der Waals surface area contributed by atoms with E-state index in [4.69, 9.17) is 15.8 Å². The fourth-order valence-corrected chi connectivity index (χ4v) is 5.79. The van der Waals surface area contributed by atoms with Crippen molar-refractivity contribution in [2.45, 2.75) is 44.4 Å². The van der Waals surface area contributed by atoms with Gasteiger partial charge in [-0.2, -0.15) is 5.10 Å². The van der Waals surface area contributed by atoms with Gasteiger partial charge in [-0.3, -0.25) is 9.67 Å². The van der Waals surface area contributed by atoms with Crippen LogP contribution in [-0.2, 0) is 18.9 Å². The van der Waals surface area contributed by atoms with Gasteiger partial charge in [0.15, 0.2) is 0 Å². The molecular formula is C31H33N7O. The van der Waals surface area contributed by atoms with Gasteiger partial charge in [0, 0.05) is 36.7 Å². The summed E-state index contributed by atoms with van der Waals surface area (Å²) >= 11 is 0. The number of aryl methyl sites for hydroxylation is 2. The van der Waals surface area contributed by atoms with Crippen LogP contribution in [0.4, 0.5) is 5.69 Å².